The Balaban J connectivity index is 1.37. The Hall–Kier alpha value is -2.74. The number of carbonyl (C=O) groups excluding carboxylic acids is 2. The van der Waals surface area contributed by atoms with Gasteiger partial charge >= 0.3 is 0 Å². The lowest BCUT2D eigenvalue weighted by molar-refractivity contribution is -0.124. The van der Waals surface area contributed by atoms with Gasteiger partial charge in [-0.3, -0.25) is 9.59 Å². The highest BCUT2D eigenvalue weighted by molar-refractivity contribution is 6.26. The molecular weight excluding hydrogens is 332 g/mol. The molecule has 2 fully saturated rings. The first-order valence-electron chi connectivity index (χ1n) is 9.87. The average Bonchev–Trinajstić information content (AvgIpc) is 3.43. The predicted molar refractivity (Wildman–Crippen MR) is 104 cm³/mol. The summed E-state index contributed by atoms with van der Waals surface area (Å²) in [5, 5.41) is 0. The third-order valence-corrected chi connectivity index (χ3v) is 7.31. The van der Waals surface area contributed by atoms with Crippen LogP contribution in [0.2, 0.25) is 0 Å². The Morgan fingerprint density at radius 2 is 1.00 bits per heavy atom. The maximum Gasteiger partial charge on any atom is 0.167 e. The summed E-state index contributed by atoms with van der Waals surface area (Å²) < 4.78 is 0. The van der Waals surface area contributed by atoms with E-state index in [9.17, 15) is 9.59 Å². The number of hydrogen-bond acceptors (Lipinski definition) is 2. The van der Waals surface area contributed by atoms with Crippen molar-refractivity contribution in [3.05, 3.63) is 83.9 Å². The van der Waals surface area contributed by atoms with Crippen LogP contribution < -0.4 is 0 Å². The molecule has 0 spiro atoms. The van der Waals surface area contributed by atoms with E-state index in [0.29, 0.717) is 23.4 Å². The largest absolute Gasteiger partial charge is 0.294 e. The van der Waals surface area contributed by atoms with Gasteiger partial charge in [0.1, 0.15) is 0 Å². The molecule has 6 rings (SSSR count). The fraction of sp³-hybridized carbons (Fsp3) is 0.280. The van der Waals surface area contributed by atoms with E-state index in [1.54, 1.807) is 0 Å². The van der Waals surface area contributed by atoms with Gasteiger partial charge in [0.15, 0.2) is 11.6 Å². The summed E-state index contributed by atoms with van der Waals surface area (Å²) >= 11 is 0. The normalized spacial score (nSPS) is 35.9. The van der Waals surface area contributed by atoms with Crippen LogP contribution in [0.25, 0.3) is 11.1 Å². The second-order valence-electron chi connectivity index (χ2n) is 8.39. The highest BCUT2D eigenvalue weighted by Crippen LogP contribution is 2.65. The summed E-state index contributed by atoms with van der Waals surface area (Å²) in [5.41, 5.74) is 3.79. The molecule has 0 heterocycles. The zero-order valence-corrected chi connectivity index (χ0v) is 14.9. The van der Waals surface area contributed by atoms with E-state index in [1.807, 2.05) is 60.7 Å². The molecule has 4 aliphatic rings. The first-order chi connectivity index (χ1) is 13.2. The minimum absolute atomic E-state index is 0.0747. The minimum Gasteiger partial charge on any atom is -0.294 e. The zero-order chi connectivity index (χ0) is 18.1. The van der Waals surface area contributed by atoms with Crippen molar-refractivity contribution in [1.82, 2.24) is 0 Å². The van der Waals surface area contributed by atoms with Crippen LogP contribution in [0, 0.1) is 35.5 Å². The molecule has 0 saturated heterocycles. The fourth-order valence-electron chi connectivity index (χ4n) is 6.32. The quantitative estimate of drug-likeness (QED) is 0.801. The van der Waals surface area contributed by atoms with Crippen LogP contribution in [-0.4, -0.2) is 11.6 Å². The Bertz CT molecular complexity index is 931. The Kier molecular flexibility index (Phi) is 3.06. The molecule has 0 amide bonds. The van der Waals surface area contributed by atoms with Crippen molar-refractivity contribution in [3.8, 4) is 0 Å². The molecule has 27 heavy (non-hydrogen) atoms. The molecule has 4 aliphatic carbocycles. The van der Waals surface area contributed by atoms with Gasteiger partial charge in [-0.1, -0.05) is 72.8 Å². The van der Waals surface area contributed by atoms with Crippen molar-refractivity contribution in [2.75, 3.05) is 0 Å². The maximum absolute atomic E-state index is 13.2. The number of hydrogen-bond donors (Lipinski definition) is 0. The van der Waals surface area contributed by atoms with Gasteiger partial charge in [0.25, 0.3) is 0 Å². The topological polar surface area (TPSA) is 34.1 Å². The van der Waals surface area contributed by atoms with E-state index in [-0.39, 0.29) is 23.7 Å². The monoisotopic (exact) mass is 352 g/mol. The molecule has 2 saturated carbocycles. The van der Waals surface area contributed by atoms with Gasteiger partial charge in [0.2, 0.25) is 0 Å². The lowest BCUT2D eigenvalue weighted by Gasteiger charge is -2.31. The highest BCUT2D eigenvalue weighted by Gasteiger charge is 2.64. The van der Waals surface area contributed by atoms with Crippen LogP contribution in [-0.2, 0) is 9.59 Å². The third-order valence-electron chi connectivity index (χ3n) is 7.31. The van der Waals surface area contributed by atoms with Crippen LogP contribution in [0.3, 0.4) is 0 Å². The van der Waals surface area contributed by atoms with Gasteiger partial charge in [-0.2, -0.15) is 0 Å². The second kappa shape index (κ2) is 5.39. The smallest absolute Gasteiger partial charge is 0.167 e. The summed E-state index contributed by atoms with van der Waals surface area (Å²) in [4.78, 5) is 26.4. The molecule has 2 aromatic carbocycles. The molecule has 2 bridgehead atoms. The van der Waals surface area contributed by atoms with Gasteiger partial charge < -0.3 is 0 Å². The molecule has 0 N–H and O–H groups in total. The van der Waals surface area contributed by atoms with Crippen molar-refractivity contribution in [2.24, 2.45) is 35.5 Å². The van der Waals surface area contributed by atoms with E-state index >= 15 is 0 Å². The number of Topliss-reactive ketones (excluding diaryl/α,β-unsaturated/α-hetero) is 2. The summed E-state index contributed by atoms with van der Waals surface area (Å²) in [6.45, 7) is 0. The zero-order valence-electron chi connectivity index (χ0n) is 14.9. The SMILES string of the molecule is O=C1C(c2ccccc2)=C[C@@H]2[C@H]3C[C@H]([C@H]4C=C(c5ccccc5)C(=O)[C@H]43)[C@H]12. The number of carbonyl (C=O) groups is 2. The van der Waals surface area contributed by atoms with Crippen LogP contribution >= 0.6 is 0 Å². The first kappa shape index (κ1) is 15.3. The van der Waals surface area contributed by atoms with Gasteiger partial charge in [0.05, 0.1) is 0 Å². The van der Waals surface area contributed by atoms with Crippen LogP contribution in [0.15, 0.2) is 72.8 Å². The van der Waals surface area contributed by atoms with Gasteiger partial charge in [0, 0.05) is 23.0 Å². The van der Waals surface area contributed by atoms with Gasteiger partial charge in [-0.25, -0.2) is 0 Å². The Morgan fingerprint density at radius 3 is 1.41 bits per heavy atom. The van der Waals surface area contributed by atoms with E-state index in [2.05, 4.69) is 12.2 Å². The number of fused-ring (bicyclic) bond motifs is 8. The molecule has 132 valence electrons. The van der Waals surface area contributed by atoms with E-state index in [4.69, 9.17) is 0 Å². The summed E-state index contributed by atoms with van der Waals surface area (Å²) in [7, 11) is 0. The lowest BCUT2D eigenvalue weighted by Crippen LogP contribution is -2.35. The van der Waals surface area contributed by atoms with Crippen LogP contribution in [0.1, 0.15) is 17.5 Å². The Labute approximate surface area is 158 Å². The number of benzene rings is 2. The number of allylic oxidation sites excluding steroid dienone is 4. The lowest BCUT2D eigenvalue weighted by atomic mass is 9.70. The summed E-state index contributed by atoms with van der Waals surface area (Å²) in [6.07, 6.45) is 5.41. The van der Waals surface area contributed by atoms with Crippen molar-refractivity contribution in [2.45, 2.75) is 6.42 Å². The molecular formula is C25H20O2. The number of rotatable bonds is 2. The molecule has 0 aliphatic heterocycles. The summed E-state index contributed by atoms with van der Waals surface area (Å²) in [6, 6.07) is 20.0. The first-order valence-corrected chi connectivity index (χ1v) is 9.87. The molecule has 6 atom stereocenters. The van der Waals surface area contributed by atoms with E-state index < -0.39 is 0 Å². The van der Waals surface area contributed by atoms with Crippen LogP contribution in [0.4, 0.5) is 0 Å². The van der Waals surface area contributed by atoms with Crippen molar-refractivity contribution >= 4 is 22.7 Å². The van der Waals surface area contributed by atoms with E-state index in [1.165, 1.54) is 0 Å². The molecule has 2 nitrogen and oxygen atoms in total. The number of ketones is 2. The molecule has 2 heteroatoms. The van der Waals surface area contributed by atoms with Gasteiger partial charge in [-0.05, 0) is 41.2 Å². The van der Waals surface area contributed by atoms with E-state index in [0.717, 1.165) is 28.7 Å². The summed E-state index contributed by atoms with van der Waals surface area (Å²) in [5.74, 6) is 1.87. The predicted octanol–water partition coefficient (Wildman–Crippen LogP) is 4.43. The molecule has 0 aromatic heterocycles. The Morgan fingerprint density at radius 1 is 0.593 bits per heavy atom. The van der Waals surface area contributed by atoms with Gasteiger partial charge in [-0.15, -0.1) is 0 Å². The molecule has 2 aromatic rings. The average molecular weight is 352 g/mol. The second-order valence-corrected chi connectivity index (χ2v) is 8.39. The molecule has 0 unspecified atom stereocenters. The van der Waals surface area contributed by atoms with Crippen molar-refractivity contribution < 1.29 is 9.59 Å². The van der Waals surface area contributed by atoms with Crippen molar-refractivity contribution in [3.63, 3.8) is 0 Å². The minimum atomic E-state index is 0.0747. The van der Waals surface area contributed by atoms with Crippen molar-refractivity contribution in [1.29, 1.82) is 0 Å². The standard InChI is InChI=1S/C25H20O2/c26-24-16(14-7-3-1-4-8-14)11-18-20-13-21(22(18)24)19-12-17(25(27)23(19)20)15-9-5-2-6-10-15/h1-12,18-23H,13H2/t18-,19-,20-,21-,22-,23-/m1/s1. The van der Waals surface area contributed by atoms with Crippen LogP contribution in [0.5, 0.6) is 0 Å². The highest BCUT2D eigenvalue weighted by atomic mass is 16.1. The third kappa shape index (κ3) is 1.96. The maximum atomic E-state index is 13.2. The fourth-order valence-corrected chi connectivity index (χ4v) is 6.32. The molecule has 0 radical (unpaired) electrons.